The van der Waals surface area contributed by atoms with Crippen molar-refractivity contribution in [2.75, 3.05) is 13.7 Å². The zero-order chi connectivity index (χ0) is 23.0. The maximum atomic E-state index is 10.8. The third kappa shape index (κ3) is 3.58. The number of methoxy groups -OCH3 is 1. The summed E-state index contributed by atoms with van der Waals surface area (Å²) in [6, 6.07) is 15.9. The molecule has 1 aromatic heterocycles. The number of aryl methyl sites for hydroxylation is 1. The first-order chi connectivity index (χ1) is 16.0. The van der Waals surface area contributed by atoms with Gasteiger partial charge in [-0.25, -0.2) is 4.98 Å². The lowest BCUT2D eigenvalue weighted by molar-refractivity contribution is -0.173. The van der Waals surface area contributed by atoms with Gasteiger partial charge in [-0.3, -0.25) is 0 Å². The number of hydrogen-bond acceptors (Lipinski definition) is 6. The van der Waals surface area contributed by atoms with Gasteiger partial charge in [-0.2, -0.15) is 0 Å². The number of piperidine rings is 1. The van der Waals surface area contributed by atoms with Crippen molar-refractivity contribution < 1.29 is 14.7 Å². The van der Waals surface area contributed by atoms with Gasteiger partial charge in [0.25, 0.3) is 5.72 Å². The topological polar surface area (TPSA) is 72.1 Å². The van der Waals surface area contributed by atoms with Crippen LogP contribution in [0.1, 0.15) is 36.6 Å². The van der Waals surface area contributed by atoms with Gasteiger partial charge in [-0.1, -0.05) is 41.6 Å². The SMILES string of the molecule is COc1cc(C=C2CCCN3C2=NOC3(c2ccccc2)C(C)O)ccc1-n1cnc(C)c1. The van der Waals surface area contributed by atoms with E-state index in [1.54, 1.807) is 20.4 Å². The van der Waals surface area contributed by atoms with E-state index in [1.807, 2.05) is 60.2 Å². The molecule has 0 spiro atoms. The van der Waals surface area contributed by atoms with E-state index in [0.29, 0.717) is 0 Å². The van der Waals surface area contributed by atoms with Crippen LogP contribution in [0, 0.1) is 6.92 Å². The minimum absolute atomic E-state index is 0.762. The fraction of sp³-hybridized carbons (Fsp3) is 0.308. The molecule has 170 valence electrons. The molecule has 2 aliphatic rings. The Morgan fingerprint density at radius 2 is 2.03 bits per heavy atom. The van der Waals surface area contributed by atoms with Crippen LogP contribution in [0.3, 0.4) is 0 Å². The van der Waals surface area contributed by atoms with Crippen LogP contribution in [0.5, 0.6) is 5.75 Å². The minimum Gasteiger partial charge on any atom is -0.495 e. The molecule has 1 fully saturated rings. The molecule has 0 bridgehead atoms. The molecule has 7 heteroatoms. The van der Waals surface area contributed by atoms with Gasteiger partial charge in [0.2, 0.25) is 0 Å². The monoisotopic (exact) mass is 444 g/mol. The summed E-state index contributed by atoms with van der Waals surface area (Å²) in [6.45, 7) is 4.48. The quantitative estimate of drug-likeness (QED) is 0.637. The molecule has 2 unspecified atom stereocenters. The third-order valence-electron chi connectivity index (χ3n) is 6.33. The van der Waals surface area contributed by atoms with Gasteiger partial charge >= 0.3 is 0 Å². The molecule has 33 heavy (non-hydrogen) atoms. The standard InChI is InChI=1S/C26H28N4O3/c1-18-16-29(17-27-18)23-12-11-20(15-24(23)32-3)14-21-8-7-13-30-25(21)28-33-26(30,19(2)31)22-9-5-4-6-10-22/h4-6,9-12,14-17,19,31H,7-8,13H2,1-3H3. The second-order valence-electron chi connectivity index (χ2n) is 8.52. The Bertz CT molecular complexity index is 1220. The van der Waals surface area contributed by atoms with Crippen molar-refractivity contribution in [1.82, 2.24) is 14.5 Å². The smallest absolute Gasteiger partial charge is 0.262 e. The molecule has 0 saturated carbocycles. The molecule has 3 heterocycles. The number of ether oxygens (including phenoxy) is 1. The number of aromatic nitrogens is 2. The number of benzene rings is 2. The Labute approximate surface area is 193 Å². The van der Waals surface area contributed by atoms with Crippen molar-refractivity contribution in [3.63, 3.8) is 0 Å². The fourth-order valence-electron chi connectivity index (χ4n) is 4.73. The second-order valence-corrected chi connectivity index (χ2v) is 8.52. The molecule has 3 aromatic rings. The molecule has 5 rings (SSSR count). The molecular formula is C26H28N4O3. The van der Waals surface area contributed by atoms with E-state index < -0.39 is 11.8 Å². The average molecular weight is 445 g/mol. The molecule has 0 radical (unpaired) electrons. The molecule has 2 aliphatic heterocycles. The molecule has 0 amide bonds. The summed E-state index contributed by atoms with van der Waals surface area (Å²) in [6.07, 6.45) is 6.95. The number of aliphatic hydroxyl groups is 1. The Balaban J connectivity index is 1.49. The van der Waals surface area contributed by atoms with Crippen molar-refractivity contribution >= 4 is 11.9 Å². The van der Waals surface area contributed by atoms with Crippen molar-refractivity contribution in [3.05, 3.63) is 83.4 Å². The second kappa shape index (κ2) is 8.41. The molecule has 2 atom stereocenters. The number of amidine groups is 1. The minimum atomic E-state index is -1.02. The van der Waals surface area contributed by atoms with Gasteiger partial charge in [0.1, 0.15) is 11.9 Å². The highest BCUT2D eigenvalue weighted by Crippen LogP contribution is 2.42. The van der Waals surface area contributed by atoms with Crippen LogP contribution >= 0.6 is 0 Å². The zero-order valence-electron chi connectivity index (χ0n) is 19.1. The van der Waals surface area contributed by atoms with Gasteiger partial charge in [-0.15, -0.1) is 0 Å². The normalized spacial score (nSPS) is 22.0. The van der Waals surface area contributed by atoms with E-state index >= 15 is 0 Å². The number of oxime groups is 1. The van der Waals surface area contributed by atoms with Crippen LogP contribution < -0.4 is 4.74 Å². The third-order valence-corrected chi connectivity index (χ3v) is 6.33. The number of nitrogens with zero attached hydrogens (tertiary/aromatic N) is 4. The lowest BCUT2D eigenvalue weighted by Gasteiger charge is -2.41. The number of hydrogen-bond donors (Lipinski definition) is 1. The summed E-state index contributed by atoms with van der Waals surface area (Å²) < 4.78 is 7.63. The molecular weight excluding hydrogens is 416 g/mol. The first kappa shape index (κ1) is 21.3. The Morgan fingerprint density at radius 1 is 1.21 bits per heavy atom. The van der Waals surface area contributed by atoms with Gasteiger partial charge in [0, 0.05) is 18.3 Å². The highest BCUT2D eigenvalue weighted by atomic mass is 16.7. The zero-order valence-corrected chi connectivity index (χ0v) is 19.1. The largest absolute Gasteiger partial charge is 0.495 e. The van der Waals surface area contributed by atoms with E-state index in [4.69, 9.17) is 9.57 Å². The van der Waals surface area contributed by atoms with Crippen molar-refractivity contribution in [1.29, 1.82) is 0 Å². The Kier molecular flexibility index (Phi) is 5.42. The molecule has 1 saturated heterocycles. The summed E-state index contributed by atoms with van der Waals surface area (Å²) in [4.78, 5) is 12.4. The van der Waals surface area contributed by atoms with Crippen molar-refractivity contribution in [2.24, 2.45) is 5.16 Å². The summed E-state index contributed by atoms with van der Waals surface area (Å²) in [5, 5.41) is 15.3. The Hall–Kier alpha value is -3.58. The van der Waals surface area contributed by atoms with E-state index in [2.05, 4.69) is 27.2 Å². The van der Waals surface area contributed by atoms with E-state index in [1.165, 1.54) is 0 Å². The first-order valence-corrected chi connectivity index (χ1v) is 11.2. The van der Waals surface area contributed by atoms with Gasteiger partial charge < -0.3 is 24.1 Å². The summed E-state index contributed by atoms with van der Waals surface area (Å²) in [7, 11) is 1.67. The summed E-state index contributed by atoms with van der Waals surface area (Å²) in [5.74, 6) is 1.54. The molecule has 1 N–H and O–H groups in total. The Morgan fingerprint density at radius 3 is 2.73 bits per heavy atom. The number of fused-ring (bicyclic) bond motifs is 1. The highest BCUT2D eigenvalue weighted by Gasteiger charge is 2.53. The summed E-state index contributed by atoms with van der Waals surface area (Å²) in [5.41, 5.74) is 3.85. The lowest BCUT2D eigenvalue weighted by atomic mass is 9.91. The van der Waals surface area contributed by atoms with Gasteiger partial charge in [-0.05, 0) is 56.0 Å². The number of rotatable bonds is 5. The highest BCUT2D eigenvalue weighted by molar-refractivity contribution is 6.03. The predicted molar refractivity (Wildman–Crippen MR) is 127 cm³/mol. The van der Waals surface area contributed by atoms with Crippen LogP contribution in [0.2, 0.25) is 0 Å². The fourth-order valence-corrected chi connectivity index (χ4v) is 4.73. The molecule has 7 nitrogen and oxygen atoms in total. The molecule has 0 aliphatic carbocycles. The van der Waals surface area contributed by atoms with E-state index in [-0.39, 0.29) is 0 Å². The number of imidazole rings is 1. The maximum absolute atomic E-state index is 10.8. The van der Waals surface area contributed by atoms with Gasteiger partial charge in [0.05, 0.1) is 24.8 Å². The predicted octanol–water partition coefficient (Wildman–Crippen LogP) is 4.25. The van der Waals surface area contributed by atoms with Crippen LogP contribution in [0.25, 0.3) is 11.8 Å². The maximum Gasteiger partial charge on any atom is 0.262 e. The first-order valence-electron chi connectivity index (χ1n) is 11.2. The van der Waals surface area contributed by atoms with Crippen molar-refractivity contribution in [2.45, 2.75) is 38.5 Å². The van der Waals surface area contributed by atoms with Crippen LogP contribution in [-0.4, -0.2) is 45.2 Å². The van der Waals surface area contributed by atoms with Crippen LogP contribution in [-0.2, 0) is 10.6 Å². The van der Waals surface area contributed by atoms with E-state index in [0.717, 1.165) is 59.1 Å². The molecule has 2 aromatic carbocycles. The van der Waals surface area contributed by atoms with Crippen molar-refractivity contribution in [3.8, 4) is 11.4 Å². The van der Waals surface area contributed by atoms with Crippen LogP contribution in [0.4, 0.5) is 0 Å². The lowest BCUT2D eigenvalue weighted by Crippen LogP contribution is -2.54. The van der Waals surface area contributed by atoms with Crippen LogP contribution in [0.15, 0.2) is 71.8 Å². The number of aliphatic hydroxyl groups excluding tert-OH is 1. The van der Waals surface area contributed by atoms with Gasteiger partial charge in [0.15, 0.2) is 5.84 Å². The van der Waals surface area contributed by atoms with E-state index in [9.17, 15) is 5.11 Å². The average Bonchev–Trinajstić information content (AvgIpc) is 3.44. The summed E-state index contributed by atoms with van der Waals surface area (Å²) >= 11 is 0.